The molecule has 0 saturated heterocycles. The molecular weight excluding hydrogens is 232 g/mol. The van der Waals surface area contributed by atoms with Gasteiger partial charge in [0, 0.05) is 19.6 Å². The predicted octanol–water partition coefficient (Wildman–Crippen LogP) is 3.41. The van der Waals surface area contributed by atoms with Gasteiger partial charge in [0.2, 0.25) is 0 Å². The number of benzene rings is 1. The summed E-state index contributed by atoms with van der Waals surface area (Å²) in [6.45, 7) is 12.4. The van der Waals surface area contributed by atoms with Crippen LogP contribution in [0.2, 0.25) is 0 Å². The van der Waals surface area contributed by atoms with Gasteiger partial charge in [-0.15, -0.1) is 6.58 Å². The zero-order valence-electron chi connectivity index (χ0n) is 12.7. The van der Waals surface area contributed by atoms with Crippen molar-refractivity contribution >= 4 is 0 Å². The molecule has 0 radical (unpaired) electrons. The zero-order valence-corrected chi connectivity index (χ0v) is 12.7. The maximum absolute atomic E-state index is 3.83. The van der Waals surface area contributed by atoms with E-state index in [1.54, 1.807) is 0 Å². The van der Waals surface area contributed by atoms with Gasteiger partial charge in [-0.3, -0.25) is 4.90 Å². The SMILES string of the molecule is C=CCN(CCC)Cc1ccc(C(C)CNC)cc1. The first-order chi connectivity index (χ1) is 9.21. The van der Waals surface area contributed by atoms with Crippen LogP contribution in [0.15, 0.2) is 36.9 Å². The van der Waals surface area contributed by atoms with Gasteiger partial charge in [0.15, 0.2) is 0 Å². The van der Waals surface area contributed by atoms with Crippen molar-refractivity contribution < 1.29 is 0 Å². The largest absolute Gasteiger partial charge is 0.319 e. The van der Waals surface area contributed by atoms with Crippen molar-refractivity contribution in [2.24, 2.45) is 0 Å². The van der Waals surface area contributed by atoms with Gasteiger partial charge in [-0.1, -0.05) is 44.2 Å². The molecular formula is C17H28N2. The fraction of sp³-hybridized carbons (Fsp3) is 0.529. The Morgan fingerprint density at radius 2 is 2.00 bits per heavy atom. The van der Waals surface area contributed by atoms with Crippen molar-refractivity contribution in [3.05, 3.63) is 48.0 Å². The lowest BCUT2D eigenvalue weighted by atomic mass is 10.00. The minimum Gasteiger partial charge on any atom is -0.319 e. The molecule has 0 amide bonds. The van der Waals surface area contributed by atoms with E-state index in [0.29, 0.717) is 5.92 Å². The maximum Gasteiger partial charge on any atom is 0.0237 e. The summed E-state index contributed by atoms with van der Waals surface area (Å²) in [5.41, 5.74) is 2.79. The summed E-state index contributed by atoms with van der Waals surface area (Å²) in [4.78, 5) is 2.43. The molecule has 0 heterocycles. The van der Waals surface area contributed by atoms with Gasteiger partial charge < -0.3 is 5.32 Å². The Morgan fingerprint density at radius 3 is 2.53 bits per heavy atom. The summed E-state index contributed by atoms with van der Waals surface area (Å²) in [6, 6.07) is 9.03. The molecule has 1 aromatic carbocycles. The van der Waals surface area contributed by atoms with Crippen LogP contribution in [0.1, 0.15) is 37.3 Å². The Balaban J connectivity index is 2.61. The third-order valence-corrected chi connectivity index (χ3v) is 3.39. The summed E-state index contributed by atoms with van der Waals surface area (Å²) in [6.07, 6.45) is 3.17. The molecule has 0 spiro atoms. The molecule has 0 aliphatic rings. The zero-order chi connectivity index (χ0) is 14.1. The van der Waals surface area contributed by atoms with Crippen LogP contribution in [-0.4, -0.2) is 31.6 Å². The van der Waals surface area contributed by atoms with Crippen LogP contribution in [-0.2, 0) is 6.54 Å². The van der Waals surface area contributed by atoms with Crippen LogP contribution in [0.25, 0.3) is 0 Å². The summed E-state index contributed by atoms with van der Waals surface area (Å²) < 4.78 is 0. The van der Waals surface area contributed by atoms with Crippen LogP contribution < -0.4 is 5.32 Å². The maximum atomic E-state index is 3.83. The Kier molecular flexibility index (Phi) is 7.46. The van der Waals surface area contributed by atoms with Crippen molar-refractivity contribution in [1.82, 2.24) is 10.2 Å². The van der Waals surface area contributed by atoms with Gasteiger partial charge in [-0.25, -0.2) is 0 Å². The Bertz CT molecular complexity index is 356. The highest BCUT2D eigenvalue weighted by Gasteiger charge is 2.06. The van der Waals surface area contributed by atoms with E-state index < -0.39 is 0 Å². The van der Waals surface area contributed by atoms with E-state index in [-0.39, 0.29) is 0 Å². The molecule has 1 atom stereocenters. The highest BCUT2D eigenvalue weighted by Crippen LogP contribution is 2.16. The second-order valence-corrected chi connectivity index (χ2v) is 5.22. The monoisotopic (exact) mass is 260 g/mol. The van der Waals surface area contributed by atoms with Crippen LogP contribution in [0.3, 0.4) is 0 Å². The smallest absolute Gasteiger partial charge is 0.0237 e. The van der Waals surface area contributed by atoms with Crippen molar-refractivity contribution in [3.63, 3.8) is 0 Å². The van der Waals surface area contributed by atoms with E-state index in [1.165, 1.54) is 17.5 Å². The van der Waals surface area contributed by atoms with Gasteiger partial charge >= 0.3 is 0 Å². The van der Waals surface area contributed by atoms with Gasteiger partial charge in [0.25, 0.3) is 0 Å². The average molecular weight is 260 g/mol. The Hall–Kier alpha value is -1.12. The molecule has 2 heteroatoms. The van der Waals surface area contributed by atoms with E-state index in [4.69, 9.17) is 0 Å². The molecule has 19 heavy (non-hydrogen) atoms. The molecule has 0 bridgehead atoms. The first kappa shape index (κ1) is 15.9. The van der Waals surface area contributed by atoms with E-state index >= 15 is 0 Å². The molecule has 0 aliphatic carbocycles. The lowest BCUT2D eigenvalue weighted by molar-refractivity contribution is 0.295. The normalized spacial score (nSPS) is 12.6. The summed E-state index contributed by atoms with van der Waals surface area (Å²) >= 11 is 0. The second kappa shape index (κ2) is 8.89. The summed E-state index contributed by atoms with van der Waals surface area (Å²) in [5.74, 6) is 0.568. The highest BCUT2D eigenvalue weighted by molar-refractivity contribution is 5.25. The number of rotatable bonds is 9. The lowest BCUT2D eigenvalue weighted by Crippen LogP contribution is -2.24. The number of likely N-dealkylation sites (N-methyl/N-ethyl adjacent to an activating group) is 1. The van der Waals surface area contributed by atoms with E-state index in [2.05, 4.69) is 54.9 Å². The topological polar surface area (TPSA) is 15.3 Å². The molecule has 1 N–H and O–H groups in total. The first-order valence-electron chi connectivity index (χ1n) is 7.28. The molecule has 0 aliphatic heterocycles. The first-order valence-corrected chi connectivity index (χ1v) is 7.28. The van der Waals surface area contributed by atoms with E-state index in [1.807, 2.05) is 13.1 Å². The van der Waals surface area contributed by atoms with Crippen molar-refractivity contribution in [3.8, 4) is 0 Å². The summed E-state index contributed by atoms with van der Waals surface area (Å²) in [7, 11) is 2.00. The van der Waals surface area contributed by atoms with Gasteiger partial charge in [-0.05, 0) is 37.1 Å². The number of nitrogens with one attached hydrogen (secondary N) is 1. The predicted molar refractivity (Wildman–Crippen MR) is 84.5 cm³/mol. The quantitative estimate of drug-likeness (QED) is 0.685. The third kappa shape index (κ3) is 5.58. The molecule has 0 saturated carbocycles. The molecule has 1 aromatic rings. The van der Waals surface area contributed by atoms with Crippen molar-refractivity contribution in [2.45, 2.75) is 32.7 Å². The molecule has 2 nitrogen and oxygen atoms in total. The molecule has 1 unspecified atom stereocenters. The number of hydrogen-bond donors (Lipinski definition) is 1. The Morgan fingerprint density at radius 1 is 1.32 bits per heavy atom. The van der Waals surface area contributed by atoms with Crippen molar-refractivity contribution in [2.75, 3.05) is 26.7 Å². The fourth-order valence-electron chi connectivity index (χ4n) is 2.37. The third-order valence-electron chi connectivity index (χ3n) is 3.39. The summed E-state index contributed by atoms with van der Waals surface area (Å²) in [5, 5.41) is 3.23. The standard InChI is InChI=1S/C17H28N2/c1-5-11-19(12-6-2)14-16-7-9-17(10-8-16)15(3)13-18-4/h5,7-10,15,18H,1,6,11-14H2,2-4H3. The molecule has 0 aromatic heterocycles. The minimum absolute atomic E-state index is 0.568. The van der Waals surface area contributed by atoms with Crippen LogP contribution in [0.4, 0.5) is 0 Å². The van der Waals surface area contributed by atoms with E-state index in [0.717, 1.165) is 26.2 Å². The van der Waals surface area contributed by atoms with Gasteiger partial charge in [0.05, 0.1) is 0 Å². The molecule has 106 valence electrons. The fourth-order valence-corrected chi connectivity index (χ4v) is 2.37. The second-order valence-electron chi connectivity index (χ2n) is 5.22. The molecule has 0 fully saturated rings. The van der Waals surface area contributed by atoms with Gasteiger partial charge in [0.1, 0.15) is 0 Å². The highest BCUT2D eigenvalue weighted by atomic mass is 15.1. The lowest BCUT2D eigenvalue weighted by Gasteiger charge is -2.20. The van der Waals surface area contributed by atoms with Crippen LogP contribution >= 0.6 is 0 Å². The van der Waals surface area contributed by atoms with Crippen LogP contribution in [0.5, 0.6) is 0 Å². The van der Waals surface area contributed by atoms with Crippen LogP contribution in [0, 0.1) is 0 Å². The van der Waals surface area contributed by atoms with Gasteiger partial charge in [-0.2, -0.15) is 0 Å². The van der Waals surface area contributed by atoms with E-state index in [9.17, 15) is 0 Å². The molecule has 1 rings (SSSR count). The number of nitrogens with zero attached hydrogens (tertiary/aromatic N) is 1. The average Bonchev–Trinajstić information content (AvgIpc) is 2.40. The Labute approximate surface area is 118 Å². The number of hydrogen-bond acceptors (Lipinski definition) is 2. The minimum atomic E-state index is 0.568. The van der Waals surface area contributed by atoms with Crippen molar-refractivity contribution in [1.29, 1.82) is 0 Å².